The van der Waals surface area contributed by atoms with E-state index >= 15 is 0 Å². The van der Waals surface area contributed by atoms with Crippen molar-refractivity contribution < 1.29 is 5.11 Å². The average molecular weight is 228 g/mol. The molecule has 1 aromatic rings. The average Bonchev–Trinajstić information content (AvgIpc) is 2.45. The number of rotatable bonds is 3. The maximum Gasteiger partial charge on any atom is 0.185 e. The first kappa shape index (κ1) is 12.5. The van der Waals surface area contributed by atoms with Crippen LogP contribution < -0.4 is 4.90 Å². The fraction of sp³-hybridized carbons (Fsp3) is 0.727. The summed E-state index contributed by atoms with van der Waals surface area (Å²) >= 11 is 1.57. The van der Waals surface area contributed by atoms with Crippen LogP contribution in [0, 0.1) is 0 Å². The van der Waals surface area contributed by atoms with Crippen LogP contribution in [0.3, 0.4) is 0 Å². The quantitative estimate of drug-likeness (QED) is 0.863. The van der Waals surface area contributed by atoms with Crippen molar-refractivity contribution in [2.24, 2.45) is 0 Å². The number of thiazole rings is 1. The molecule has 1 heterocycles. The second-order valence-electron chi connectivity index (χ2n) is 4.82. The Bertz CT molecular complexity index is 337. The van der Waals surface area contributed by atoms with Crippen LogP contribution in [-0.2, 0) is 5.60 Å². The van der Waals surface area contributed by atoms with E-state index in [2.05, 4.69) is 18.8 Å². The first-order chi connectivity index (χ1) is 6.73. The molecule has 0 saturated heterocycles. The molecule has 0 aromatic carbocycles. The standard InChI is InChI=1S/C11H20N2OS/c1-7(2)8-9(11(3,4)14)15-10(12-8)13(5)6/h7,14H,1-6H3. The summed E-state index contributed by atoms with van der Waals surface area (Å²) < 4.78 is 0. The summed E-state index contributed by atoms with van der Waals surface area (Å²) in [5.74, 6) is 0.344. The second-order valence-corrected chi connectivity index (χ2v) is 5.80. The van der Waals surface area contributed by atoms with E-state index in [0.717, 1.165) is 15.7 Å². The molecule has 0 fully saturated rings. The van der Waals surface area contributed by atoms with Gasteiger partial charge >= 0.3 is 0 Å². The molecular weight excluding hydrogens is 208 g/mol. The Morgan fingerprint density at radius 2 is 1.87 bits per heavy atom. The van der Waals surface area contributed by atoms with Crippen LogP contribution >= 0.6 is 11.3 Å². The number of aliphatic hydroxyl groups is 1. The zero-order valence-corrected chi connectivity index (χ0v) is 11.1. The number of hydrogen-bond donors (Lipinski definition) is 1. The van der Waals surface area contributed by atoms with E-state index in [1.54, 1.807) is 11.3 Å². The molecule has 0 amide bonds. The summed E-state index contributed by atoms with van der Waals surface area (Å²) in [6, 6.07) is 0. The largest absolute Gasteiger partial charge is 0.385 e. The molecular formula is C11H20N2OS. The third-order valence-corrected chi connectivity index (χ3v) is 3.68. The van der Waals surface area contributed by atoms with Gasteiger partial charge in [-0.25, -0.2) is 4.98 Å². The highest BCUT2D eigenvalue weighted by Crippen LogP contribution is 2.36. The van der Waals surface area contributed by atoms with Crippen molar-refractivity contribution in [1.82, 2.24) is 4.98 Å². The van der Waals surface area contributed by atoms with Gasteiger partial charge in [-0.1, -0.05) is 25.2 Å². The van der Waals surface area contributed by atoms with E-state index in [1.807, 2.05) is 32.8 Å². The highest BCUT2D eigenvalue weighted by atomic mass is 32.1. The predicted octanol–water partition coefficient (Wildman–Crippen LogP) is 2.56. The summed E-state index contributed by atoms with van der Waals surface area (Å²) in [4.78, 5) is 7.51. The lowest BCUT2D eigenvalue weighted by Crippen LogP contribution is -2.16. The number of aromatic nitrogens is 1. The molecule has 1 aromatic heterocycles. The molecule has 0 radical (unpaired) electrons. The van der Waals surface area contributed by atoms with Gasteiger partial charge in [-0.3, -0.25) is 0 Å². The van der Waals surface area contributed by atoms with Gasteiger partial charge in [0.2, 0.25) is 0 Å². The summed E-state index contributed by atoms with van der Waals surface area (Å²) in [5, 5.41) is 11.0. The van der Waals surface area contributed by atoms with Gasteiger partial charge in [0.1, 0.15) is 0 Å². The van der Waals surface area contributed by atoms with Crippen molar-refractivity contribution >= 4 is 16.5 Å². The lowest BCUT2D eigenvalue weighted by molar-refractivity contribution is 0.0811. The molecule has 0 aliphatic carbocycles. The number of hydrogen-bond acceptors (Lipinski definition) is 4. The van der Waals surface area contributed by atoms with Gasteiger partial charge < -0.3 is 10.0 Å². The molecule has 1 rings (SSSR count). The zero-order valence-electron chi connectivity index (χ0n) is 10.3. The van der Waals surface area contributed by atoms with E-state index in [4.69, 9.17) is 0 Å². The lowest BCUT2D eigenvalue weighted by Gasteiger charge is -2.17. The number of anilines is 1. The normalized spacial score (nSPS) is 12.3. The van der Waals surface area contributed by atoms with Gasteiger partial charge in [-0.05, 0) is 19.8 Å². The first-order valence-electron chi connectivity index (χ1n) is 5.14. The van der Waals surface area contributed by atoms with Gasteiger partial charge in [0, 0.05) is 14.1 Å². The van der Waals surface area contributed by atoms with Crippen LogP contribution in [0.5, 0.6) is 0 Å². The monoisotopic (exact) mass is 228 g/mol. The molecule has 0 bridgehead atoms. The minimum atomic E-state index is -0.800. The molecule has 86 valence electrons. The van der Waals surface area contributed by atoms with Crippen molar-refractivity contribution in [1.29, 1.82) is 0 Å². The van der Waals surface area contributed by atoms with Gasteiger partial charge in [0.25, 0.3) is 0 Å². The fourth-order valence-corrected chi connectivity index (χ4v) is 2.49. The van der Waals surface area contributed by atoms with Crippen molar-refractivity contribution in [3.05, 3.63) is 10.6 Å². The molecule has 3 nitrogen and oxygen atoms in total. The molecule has 1 N–H and O–H groups in total. The SMILES string of the molecule is CC(C)c1nc(N(C)C)sc1C(C)(C)O. The molecule has 0 aliphatic rings. The topological polar surface area (TPSA) is 36.4 Å². The smallest absolute Gasteiger partial charge is 0.185 e. The first-order valence-corrected chi connectivity index (χ1v) is 5.96. The molecule has 0 saturated carbocycles. The Morgan fingerprint density at radius 3 is 2.13 bits per heavy atom. The Kier molecular flexibility index (Phi) is 3.41. The van der Waals surface area contributed by atoms with Crippen LogP contribution in [0.15, 0.2) is 0 Å². The molecule has 0 unspecified atom stereocenters. The Hall–Kier alpha value is -0.610. The maximum absolute atomic E-state index is 10.1. The Labute approximate surface area is 95.8 Å². The third kappa shape index (κ3) is 2.69. The summed E-state index contributed by atoms with van der Waals surface area (Å²) in [6.07, 6.45) is 0. The van der Waals surface area contributed by atoms with Crippen LogP contribution in [0.1, 0.15) is 44.2 Å². The zero-order chi connectivity index (χ0) is 11.8. The lowest BCUT2D eigenvalue weighted by atomic mass is 10.0. The van der Waals surface area contributed by atoms with E-state index in [1.165, 1.54) is 0 Å². The van der Waals surface area contributed by atoms with E-state index in [-0.39, 0.29) is 0 Å². The molecule has 0 atom stereocenters. The Balaban J connectivity index is 3.24. The van der Waals surface area contributed by atoms with Crippen LogP contribution in [-0.4, -0.2) is 24.2 Å². The highest BCUT2D eigenvalue weighted by molar-refractivity contribution is 7.15. The fourth-order valence-electron chi connectivity index (χ4n) is 1.34. The maximum atomic E-state index is 10.1. The second kappa shape index (κ2) is 4.10. The molecule has 0 spiro atoms. The van der Waals surface area contributed by atoms with E-state index < -0.39 is 5.60 Å². The molecule has 4 heteroatoms. The van der Waals surface area contributed by atoms with Crippen molar-refractivity contribution in [2.45, 2.75) is 39.2 Å². The highest BCUT2D eigenvalue weighted by Gasteiger charge is 2.26. The van der Waals surface area contributed by atoms with Crippen molar-refractivity contribution in [3.63, 3.8) is 0 Å². The minimum Gasteiger partial charge on any atom is -0.385 e. The van der Waals surface area contributed by atoms with E-state index in [0.29, 0.717) is 5.92 Å². The predicted molar refractivity (Wildman–Crippen MR) is 65.8 cm³/mol. The molecule has 0 aliphatic heterocycles. The third-order valence-electron chi connectivity index (χ3n) is 2.13. The van der Waals surface area contributed by atoms with Crippen molar-refractivity contribution in [3.8, 4) is 0 Å². The minimum absolute atomic E-state index is 0.344. The Morgan fingerprint density at radius 1 is 1.33 bits per heavy atom. The number of nitrogens with zero attached hydrogens (tertiary/aromatic N) is 2. The van der Waals surface area contributed by atoms with Crippen LogP contribution in [0.4, 0.5) is 5.13 Å². The van der Waals surface area contributed by atoms with Crippen LogP contribution in [0.25, 0.3) is 0 Å². The molecule has 15 heavy (non-hydrogen) atoms. The van der Waals surface area contributed by atoms with E-state index in [9.17, 15) is 5.11 Å². The summed E-state index contributed by atoms with van der Waals surface area (Å²) in [6.45, 7) is 7.82. The van der Waals surface area contributed by atoms with Gasteiger partial charge in [0.05, 0.1) is 16.2 Å². The summed E-state index contributed by atoms with van der Waals surface area (Å²) in [7, 11) is 3.94. The van der Waals surface area contributed by atoms with Gasteiger partial charge in [-0.2, -0.15) is 0 Å². The summed E-state index contributed by atoms with van der Waals surface area (Å²) in [5.41, 5.74) is 0.210. The van der Waals surface area contributed by atoms with Gasteiger partial charge in [0.15, 0.2) is 5.13 Å². The van der Waals surface area contributed by atoms with Gasteiger partial charge in [-0.15, -0.1) is 0 Å². The van der Waals surface area contributed by atoms with Crippen molar-refractivity contribution in [2.75, 3.05) is 19.0 Å². The van der Waals surface area contributed by atoms with Crippen LogP contribution in [0.2, 0.25) is 0 Å².